The average molecular weight is 401 g/mol. The molecule has 0 aliphatic heterocycles. The summed E-state index contributed by atoms with van der Waals surface area (Å²) < 4.78 is 5.64. The minimum Gasteiger partial charge on any atom is -0.488 e. The predicted molar refractivity (Wildman–Crippen MR) is 118 cm³/mol. The van der Waals surface area contributed by atoms with E-state index in [1.807, 2.05) is 6.92 Å². The molecule has 0 spiro atoms. The third-order valence-corrected chi connectivity index (χ3v) is 6.84. The molecule has 6 rings (SSSR count). The van der Waals surface area contributed by atoms with Crippen molar-refractivity contribution in [3.8, 4) is 0 Å². The molecular weight excluding hydrogens is 372 g/mol. The minimum atomic E-state index is -0.192. The number of nitrogens with one attached hydrogen (secondary N) is 1. The Morgan fingerprint density at radius 1 is 1.03 bits per heavy atom. The summed E-state index contributed by atoms with van der Waals surface area (Å²) in [6.45, 7) is 2.08. The number of rotatable bonds is 5. The van der Waals surface area contributed by atoms with Gasteiger partial charge in [-0.15, -0.1) is 0 Å². The van der Waals surface area contributed by atoms with E-state index in [2.05, 4.69) is 65.1 Å². The van der Waals surface area contributed by atoms with E-state index in [-0.39, 0.29) is 12.5 Å². The largest absolute Gasteiger partial charge is 0.488 e. The SMILES string of the molecule is C/C(=N/NC(=O)COC1=CCCCC1)C1CC2c3ccccc3C1c1ccccc12. The Hall–Kier alpha value is -2.88. The van der Waals surface area contributed by atoms with Gasteiger partial charge < -0.3 is 4.74 Å². The van der Waals surface area contributed by atoms with Gasteiger partial charge in [0.2, 0.25) is 0 Å². The standard InChI is InChI=1S/C26H28N2O2/c1-17(27-28-25(29)16-30-18-9-3-2-4-10-18)23-15-24-19-11-5-7-13-21(19)26(23)22-14-8-6-12-20(22)24/h5-9,11-14,23-24,26H,2-4,10,15-16H2,1H3,(H,28,29)/b27-17-. The van der Waals surface area contributed by atoms with E-state index in [0.29, 0.717) is 17.8 Å². The highest BCUT2D eigenvalue weighted by Gasteiger charge is 2.44. The maximum atomic E-state index is 12.3. The van der Waals surface area contributed by atoms with Crippen molar-refractivity contribution in [1.82, 2.24) is 5.43 Å². The highest BCUT2D eigenvalue weighted by atomic mass is 16.5. The molecule has 1 amide bonds. The lowest BCUT2D eigenvalue weighted by Gasteiger charge is -2.45. The van der Waals surface area contributed by atoms with Crippen molar-refractivity contribution in [2.45, 2.75) is 50.9 Å². The highest BCUT2D eigenvalue weighted by Crippen LogP contribution is 2.55. The van der Waals surface area contributed by atoms with Crippen molar-refractivity contribution in [1.29, 1.82) is 0 Å². The number of hydrazone groups is 1. The first-order chi connectivity index (χ1) is 14.7. The van der Waals surface area contributed by atoms with Crippen molar-refractivity contribution in [3.05, 3.63) is 82.6 Å². The van der Waals surface area contributed by atoms with Crippen LogP contribution in [0, 0.1) is 5.92 Å². The van der Waals surface area contributed by atoms with Crippen LogP contribution in [0.4, 0.5) is 0 Å². The van der Waals surface area contributed by atoms with Gasteiger partial charge in [0, 0.05) is 29.9 Å². The molecule has 1 N–H and O–H groups in total. The molecule has 2 bridgehead atoms. The summed E-state index contributed by atoms with van der Waals surface area (Å²) in [5, 5.41) is 4.49. The molecule has 0 saturated carbocycles. The molecule has 0 aromatic heterocycles. The molecule has 0 radical (unpaired) electrons. The van der Waals surface area contributed by atoms with Crippen LogP contribution in [0.5, 0.6) is 0 Å². The lowest BCUT2D eigenvalue weighted by molar-refractivity contribution is -0.124. The first-order valence-electron chi connectivity index (χ1n) is 11.0. The lowest BCUT2D eigenvalue weighted by atomic mass is 9.58. The van der Waals surface area contributed by atoms with E-state index in [1.165, 1.54) is 28.7 Å². The van der Waals surface area contributed by atoms with Crippen LogP contribution in [-0.2, 0) is 9.53 Å². The summed E-state index contributed by atoms with van der Waals surface area (Å²) >= 11 is 0. The lowest BCUT2D eigenvalue weighted by Crippen LogP contribution is -2.36. The molecule has 0 saturated heterocycles. The van der Waals surface area contributed by atoms with E-state index in [4.69, 9.17) is 4.74 Å². The van der Waals surface area contributed by atoms with E-state index < -0.39 is 0 Å². The number of carbonyl (C=O) groups is 1. The molecule has 4 aliphatic carbocycles. The van der Waals surface area contributed by atoms with Gasteiger partial charge in [0.1, 0.15) is 0 Å². The van der Waals surface area contributed by atoms with Crippen LogP contribution in [0.3, 0.4) is 0 Å². The summed E-state index contributed by atoms with van der Waals surface area (Å²) in [4.78, 5) is 12.3. The molecule has 4 nitrogen and oxygen atoms in total. The molecule has 4 aliphatic rings. The molecule has 154 valence electrons. The number of nitrogens with zero attached hydrogens (tertiary/aromatic N) is 1. The Labute approximate surface area is 178 Å². The topological polar surface area (TPSA) is 50.7 Å². The Kier molecular flexibility index (Phi) is 5.16. The monoisotopic (exact) mass is 400 g/mol. The summed E-state index contributed by atoms with van der Waals surface area (Å²) in [7, 11) is 0. The summed E-state index contributed by atoms with van der Waals surface area (Å²) in [5.41, 5.74) is 9.42. The molecule has 1 atom stereocenters. The predicted octanol–water partition coefficient (Wildman–Crippen LogP) is 5.25. The number of carbonyl (C=O) groups excluding carboxylic acids is 1. The van der Waals surface area contributed by atoms with Gasteiger partial charge >= 0.3 is 0 Å². The van der Waals surface area contributed by atoms with Crippen LogP contribution >= 0.6 is 0 Å². The molecule has 0 fully saturated rings. The molecule has 2 aromatic rings. The Bertz CT molecular complexity index is 976. The van der Waals surface area contributed by atoms with Gasteiger partial charge in [-0.1, -0.05) is 48.5 Å². The van der Waals surface area contributed by atoms with Gasteiger partial charge in [0.25, 0.3) is 5.91 Å². The van der Waals surface area contributed by atoms with Gasteiger partial charge in [-0.2, -0.15) is 5.10 Å². The van der Waals surface area contributed by atoms with Crippen LogP contribution in [0.15, 0.2) is 65.5 Å². The molecule has 4 heteroatoms. The Balaban J connectivity index is 1.32. The van der Waals surface area contributed by atoms with E-state index in [0.717, 1.165) is 37.2 Å². The van der Waals surface area contributed by atoms with Crippen LogP contribution in [-0.4, -0.2) is 18.2 Å². The molecule has 30 heavy (non-hydrogen) atoms. The maximum absolute atomic E-state index is 12.3. The van der Waals surface area contributed by atoms with Gasteiger partial charge in [-0.3, -0.25) is 4.79 Å². The summed E-state index contributed by atoms with van der Waals surface area (Å²) in [6, 6.07) is 17.6. The normalized spacial score (nSPS) is 24.5. The number of hydrogen-bond acceptors (Lipinski definition) is 3. The maximum Gasteiger partial charge on any atom is 0.277 e. The zero-order valence-corrected chi connectivity index (χ0v) is 17.4. The van der Waals surface area contributed by atoms with E-state index in [9.17, 15) is 4.79 Å². The fraction of sp³-hybridized carbons (Fsp3) is 0.385. The van der Waals surface area contributed by atoms with E-state index >= 15 is 0 Å². The molecule has 1 unspecified atom stereocenters. The quantitative estimate of drug-likeness (QED) is 0.550. The average Bonchev–Trinajstić information content (AvgIpc) is 2.82. The smallest absolute Gasteiger partial charge is 0.277 e. The van der Waals surface area contributed by atoms with Crippen molar-refractivity contribution < 1.29 is 9.53 Å². The van der Waals surface area contributed by atoms with Crippen molar-refractivity contribution in [2.24, 2.45) is 11.0 Å². The van der Waals surface area contributed by atoms with Gasteiger partial charge in [-0.25, -0.2) is 5.43 Å². The highest BCUT2D eigenvalue weighted by molar-refractivity contribution is 5.89. The van der Waals surface area contributed by atoms with Gasteiger partial charge in [0.15, 0.2) is 6.61 Å². The van der Waals surface area contributed by atoms with Crippen molar-refractivity contribution >= 4 is 11.6 Å². The number of hydrogen-bond donors (Lipinski definition) is 1. The number of fused-ring (bicyclic) bond motifs is 1. The van der Waals surface area contributed by atoms with Gasteiger partial charge in [0.05, 0.1) is 5.76 Å². The van der Waals surface area contributed by atoms with Crippen LogP contribution < -0.4 is 5.43 Å². The van der Waals surface area contributed by atoms with Crippen molar-refractivity contribution in [3.63, 3.8) is 0 Å². The van der Waals surface area contributed by atoms with Gasteiger partial charge in [-0.05, 0) is 60.9 Å². The molecular formula is C26H28N2O2. The third-order valence-electron chi connectivity index (χ3n) is 6.84. The van der Waals surface area contributed by atoms with E-state index in [1.54, 1.807) is 0 Å². The second kappa shape index (κ2) is 8.10. The summed E-state index contributed by atoms with van der Waals surface area (Å²) in [6.07, 6.45) is 7.45. The fourth-order valence-corrected chi connectivity index (χ4v) is 5.41. The van der Waals surface area contributed by atoms with Crippen LogP contribution in [0.1, 0.15) is 73.1 Å². The second-order valence-electron chi connectivity index (χ2n) is 8.62. The minimum absolute atomic E-state index is 0.0327. The second-order valence-corrected chi connectivity index (χ2v) is 8.62. The van der Waals surface area contributed by atoms with Crippen LogP contribution in [0.2, 0.25) is 0 Å². The number of allylic oxidation sites excluding steroid dienone is 2. The molecule has 0 heterocycles. The molecule has 2 aromatic carbocycles. The Morgan fingerprint density at radius 3 is 2.33 bits per heavy atom. The zero-order valence-electron chi connectivity index (χ0n) is 17.4. The third kappa shape index (κ3) is 3.45. The first-order valence-corrected chi connectivity index (χ1v) is 11.0. The Morgan fingerprint density at radius 2 is 1.70 bits per heavy atom. The first kappa shape index (κ1) is 19.1. The van der Waals surface area contributed by atoms with Crippen molar-refractivity contribution in [2.75, 3.05) is 6.61 Å². The number of benzene rings is 2. The number of ether oxygens (including phenoxy) is 1. The zero-order chi connectivity index (χ0) is 20.5. The fourth-order valence-electron chi connectivity index (χ4n) is 5.41. The summed E-state index contributed by atoms with van der Waals surface area (Å²) in [5.74, 6) is 1.74. The number of amides is 1. The van der Waals surface area contributed by atoms with Crippen LogP contribution in [0.25, 0.3) is 0 Å².